The van der Waals surface area contributed by atoms with E-state index in [1.807, 2.05) is 0 Å². The minimum atomic E-state index is -0.250. The van der Waals surface area contributed by atoms with E-state index in [0.29, 0.717) is 11.6 Å². The fraction of sp³-hybridized carbons (Fsp3) is 0.385. The van der Waals surface area contributed by atoms with Gasteiger partial charge in [0.1, 0.15) is 0 Å². The molecule has 2 atom stereocenters. The first kappa shape index (κ1) is 13.2. The fourth-order valence-corrected chi connectivity index (χ4v) is 2.45. The Kier molecular flexibility index (Phi) is 3.89. The Hall–Kier alpha value is -2.24. The summed E-state index contributed by atoms with van der Waals surface area (Å²) in [5, 5.41) is 15.4. The van der Waals surface area contributed by atoms with Crippen LogP contribution in [0.15, 0.2) is 40.7 Å². The van der Waals surface area contributed by atoms with E-state index >= 15 is 0 Å². The summed E-state index contributed by atoms with van der Waals surface area (Å²) in [5.74, 6) is 0.318. The van der Waals surface area contributed by atoms with Gasteiger partial charge in [-0.25, -0.2) is 5.10 Å². The van der Waals surface area contributed by atoms with Gasteiger partial charge in [0.2, 0.25) is 0 Å². The lowest BCUT2D eigenvalue weighted by Crippen LogP contribution is -2.11. The van der Waals surface area contributed by atoms with Crippen LogP contribution in [-0.2, 0) is 0 Å². The van der Waals surface area contributed by atoms with Crippen LogP contribution in [0.25, 0.3) is 0 Å². The predicted octanol–water partition coefficient (Wildman–Crippen LogP) is 0.854. The van der Waals surface area contributed by atoms with Crippen molar-refractivity contribution in [3.8, 4) is 0 Å². The Morgan fingerprint density at radius 1 is 1.37 bits per heavy atom. The molecular formula is C13H18N4O2. The lowest BCUT2D eigenvalue weighted by Gasteiger charge is -2.10. The highest BCUT2D eigenvalue weighted by Gasteiger charge is 2.28. The topological polar surface area (TPSA) is 118 Å². The molecule has 1 saturated carbocycles. The normalized spacial score (nSPS) is 24.6. The molecule has 6 nitrogen and oxygen atoms in total. The van der Waals surface area contributed by atoms with Gasteiger partial charge in [0, 0.05) is 17.7 Å². The molecular weight excluding hydrogens is 244 g/mol. The number of H-pyrrole nitrogens is 1. The largest absolute Gasteiger partial charge is 0.495 e. The van der Waals surface area contributed by atoms with Gasteiger partial charge in [-0.05, 0) is 43.4 Å². The Morgan fingerprint density at radius 2 is 2.16 bits per heavy atom. The Morgan fingerprint density at radius 3 is 2.79 bits per heavy atom. The van der Waals surface area contributed by atoms with Gasteiger partial charge >= 0.3 is 0 Å². The summed E-state index contributed by atoms with van der Waals surface area (Å²) >= 11 is 0. The molecule has 0 amide bonds. The summed E-state index contributed by atoms with van der Waals surface area (Å²) in [6.07, 6.45) is 5.87. The minimum Gasteiger partial charge on any atom is -0.495 e. The van der Waals surface area contributed by atoms with E-state index in [1.165, 1.54) is 12.1 Å². The smallest absolute Gasteiger partial charge is 0.264 e. The molecule has 0 aromatic carbocycles. The molecule has 0 spiro atoms. The van der Waals surface area contributed by atoms with Crippen LogP contribution in [0.3, 0.4) is 0 Å². The maximum absolute atomic E-state index is 11.0. The van der Waals surface area contributed by atoms with E-state index in [4.69, 9.17) is 16.6 Å². The molecule has 6 heteroatoms. The van der Waals surface area contributed by atoms with Crippen molar-refractivity contribution in [3.63, 3.8) is 0 Å². The van der Waals surface area contributed by atoms with Crippen molar-refractivity contribution in [1.82, 2.24) is 10.2 Å². The molecule has 1 aliphatic rings. The molecule has 1 heterocycles. The molecule has 102 valence electrons. The quantitative estimate of drug-likeness (QED) is 0.476. The van der Waals surface area contributed by atoms with Crippen LogP contribution in [0.1, 0.15) is 30.9 Å². The maximum Gasteiger partial charge on any atom is 0.264 e. The van der Waals surface area contributed by atoms with Crippen molar-refractivity contribution in [1.29, 1.82) is 0 Å². The Labute approximate surface area is 110 Å². The third kappa shape index (κ3) is 3.37. The zero-order chi connectivity index (χ0) is 13.8. The first-order valence-corrected chi connectivity index (χ1v) is 6.23. The van der Waals surface area contributed by atoms with Crippen LogP contribution >= 0.6 is 0 Å². The number of nitrogens with two attached hydrogens (primary N) is 2. The summed E-state index contributed by atoms with van der Waals surface area (Å²) in [4.78, 5) is 11.0. The molecule has 0 radical (unpaired) electrons. The Bertz CT molecular complexity index is 538. The molecule has 6 N–H and O–H groups in total. The van der Waals surface area contributed by atoms with Gasteiger partial charge in [0.25, 0.3) is 5.56 Å². The van der Waals surface area contributed by atoms with Gasteiger partial charge in [-0.1, -0.05) is 0 Å². The summed E-state index contributed by atoms with van der Waals surface area (Å²) in [7, 11) is 0. The maximum atomic E-state index is 11.0. The first-order chi connectivity index (χ1) is 9.06. The summed E-state index contributed by atoms with van der Waals surface area (Å²) in [6.45, 7) is 0. The number of nitrogens with one attached hydrogen (secondary N) is 1. The zero-order valence-electron chi connectivity index (χ0n) is 10.5. The summed E-state index contributed by atoms with van der Waals surface area (Å²) in [6, 6.07) is 3.25. The third-order valence-corrected chi connectivity index (χ3v) is 3.47. The number of aliphatic hydroxyl groups excluding tert-OH is 1. The second-order valence-electron chi connectivity index (χ2n) is 4.81. The standard InChI is InChI=1S/C13H18N4O2/c14-10(3-5-12(15)18)8-1-2-9(7-8)11-4-6-13(19)17-16-11/h3-6,8-9,18H,1-2,7,14-15H2,(H,17,19)/b10-3-,12-5+. The number of aromatic nitrogens is 2. The average Bonchev–Trinajstić information content (AvgIpc) is 2.86. The SMILES string of the molecule is N/C(=C\C=C(/N)O)C1CCC(c2ccc(=O)[nH]n2)C1. The van der Waals surface area contributed by atoms with Gasteiger partial charge in [0.05, 0.1) is 5.69 Å². The number of hydrogen-bond donors (Lipinski definition) is 4. The van der Waals surface area contributed by atoms with Gasteiger partial charge in [-0.3, -0.25) is 4.79 Å². The molecule has 0 aliphatic heterocycles. The molecule has 0 bridgehead atoms. The van der Waals surface area contributed by atoms with Crippen molar-refractivity contribution >= 4 is 0 Å². The molecule has 0 saturated heterocycles. The second kappa shape index (κ2) is 5.60. The first-order valence-electron chi connectivity index (χ1n) is 6.23. The highest BCUT2D eigenvalue weighted by Crippen LogP contribution is 2.39. The van der Waals surface area contributed by atoms with Crippen molar-refractivity contribution < 1.29 is 5.11 Å². The molecule has 1 aromatic rings. The second-order valence-corrected chi connectivity index (χ2v) is 4.81. The van der Waals surface area contributed by atoms with Crippen molar-refractivity contribution in [2.45, 2.75) is 25.2 Å². The molecule has 2 rings (SSSR count). The van der Waals surface area contributed by atoms with Crippen molar-refractivity contribution in [3.05, 3.63) is 51.9 Å². The highest BCUT2D eigenvalue weighted by atomic mass is 16.3. The van der Waals surface area contributed by atoms with Crippen LogP contribution in [0.4, 0.5) is 0 Å². The highest BCUT2D eigenvalue weighted by molar-refractivity contribution is 5.17. The summed E-state index contributed by atoms with van der Waals surface area (Å²) in [5.41, 5.74) is 12.5. The molecule has 19 heavy (non-hydrogen) atoms. The van der Waals surface area contributed by atoms with E-state index < -0.39 is 0 Å². The van der Waals surface area contributed by atoms with Crippen LogP contribution in [-0.4, -0.2) is 15.3 Å². The van der Waals surface area contributed by atoms with E-state index in [-0.39, 0.29) is 17.4 Å². The monoisotopic (exact) mass is 262 g/mol. The van der Waals surface area contributed by atoms with Gasteiger partial charge in [-0.15, -0.1) is 0 Å². The van der Waals surface area contributed by atoms with Crippen molar-refractivity contribution in [2.24, 2.45) is 17.4 Å². The molecule has 1 aromatic heterocycles. The fourth-order valence-electron chi connectivity index (χ4n) is 2.45. The molecule has 2 unspecified atom stereocenters. The van der Waals surface area contributed by atoms with Crippen LogP contribution < -0.4 is 17.0 Å². The van der Waals surface area contributed by atoms with Gasteiger partial charge in [-0.2, -0.15) is 5.10 Å². The predicted molar refractivity (Wildman–Crippen MR) is 72.1 cm³/mol. The summed E-state index contributed by atoms with van der Waals surface area (Å²) < 4.78 is 0. The lowest BCUT2D eigenvalue weighted by molar-refractivity contribution is 0.405. The van der Waals surface area contributed by atoms with Crippen LogP contribution in [0.2, 0.25) is 0 Å². The number of allylic oxidation sites excluding steroid dienone is 3. The number of aromatic amines is 1. The number of aliphatic hydroxyl groups is 1. The minimum absolute atomic E-state index is 0.193. The van der Waals surface area contributed by atoms with E-state index in [2.05, 4.69) is 10.2 Å². The Balaban J connectivity index is 2.04. The molecule has 1 fully saturated rings. The zero-order valence-corrected chi connectivity index (χ0v) is 10.5. The van der Waals surface area contributed by atoms with E-state index in [9.17, 15) is 4.79 Å². The van der Waals surface area contributed by atoms with Crippen LogP contribution in [0.5, 0.6) is 0 Å². The van der Waals surface area contributed by atoms with Gasteiger partial charge in [0.15, 0.2) is 5.88 Å². The van der Waals surface area contributed by atoms with Gasteiger partial charge < -0.3 is 16.6 Å². The average molecular weight is 262 g/mol. The number of nitrogens with zero attached hydrogens (tertiary/aromatic N) is 1. The van der Waals surface area contributed by atoms with E-state index in [1.54, 1.807) is 12.1 Å². The van der Waals surface area contributed by atoms with Crippen LogP contribution in [0, 0.1) is 5.92 Å². The lowest BCUT2D eigenvalue weighted by atomic mass is 9.99. The molecule has 1 aliphatic carbocycles. The third-order valence-electron chi connectivity index (χ3n) is 3.47. The number of rotatable bonds is 3. The number of hydrogen-bond acceptors (Lipinski definition) is 5. The van der Waals surface area contributed by atoms with E-state index in [0.717, 1.165) is 25.0 Å². The van der Waals surface area contributed by atoms with Crippen molar-refractivity contribution in [2.75, 3.05) is 0 Å².